The van der Waals surface area contributed by atoms with Crippen molar-refractivity contribution in [3.8, 4) is 0 Å². The number of carbonyl (C=O) groups is 1. The molecule has 0 N–H and O–H groups in total. The minimum Gasteiger partial charge on any atom is -0.339 e. The average Bonchev–Trinajstić information content (AvgIpc) is 2.40. The van der Waals surface area contributed by atoms with E-state index in [9.17, 15) is 9.18 Å². The number of amides is 1. The number of rotatable bonds is 2. The van der Waals surface area contributed by atoms with Gasteiger partial charge in [-0.3, -0.25) is 4.79 Å². The fraction of sp³-hybridized carbons (Fsp3) is 0.533. The van der Waals surface area contributed by atoms with Crippen molar-refractivity contribution in [1.29, 1.82) is 0 Å². The van der Waals surface area contributed by atoms with Crippen LogP contribution in [0.1, 0.15) is 43.0 Å². The minimum absolute atomic E-state index is 0.148. The molecule has 1 aromatic rings. The molecule has 2 atom stereocenters. The Kier molecular flexibility index (Phi) is 4.61. The first-order valence-electron chi connectivity index (χ1n) is 6.72. The molecular weight excluding hydrogens is 309 g/mol. The highest BCUT2D eigenvalue weighted by molar-refractivity contribution is 9.10. The minimum atomic E-state index is -0.469. The molecule has 0 saturated heterocycles. The summed E-state index contributed by atoms with van der Waals surface area (Å²) in [6.45, 7) is 2.21. The highest BCUT2D eigenvalue weighted by Crippen LogP contribution is 2.28. The third kappa shape index (κ3) is 3.16. The Hall–Kier alpha value is -0.900. The monoisotopic (exact) mass is 327 g/mol. The Morgan fingerprint density at radius 1 is 1.42 bits per heavy atom. The molecule has 19 heavy (non-hydrogen) atoms. The van der Waals surface area contributed by atoms with Crippen molar-refractivity contribution >= 4 is 21.8 Å². The van der Waals surface area contributed by atoms with Crippen LogP contribution in [0.5, 0.6) is 0 Å². The lowest BCUT2D eigenvalue weighted by Crippen LogP contribution is -2.40. The van der Waals surface area contributed by atoms with Gasteiger partial charge in [-0.15, -0.1) is 0 Å². The third-order valence-electron chi connectivity index (χ3n) is 3.96. The normalized spacial score (nSPS) is 23.2. The Morgan fingerprint density at radius 3 is 2.84 bits per heavy atom. The van der Waals surface area contributed by atoms with E-state index in [2.05, 4.69) is 22.9 Å². The van der Waals surface area contributed by atoms with Crippen LogP contribution in [-0.4, -0.2) is 23.9 Å². The van der Waals surface area contributed by atoms with E-state index in [4.69, 9.17) is 0 Å². The summed E-state index contributed by atoms with van der Waals surface area (Å²) in [5.41, 5.74) is 0.148. The van der Waals surface area contributed by atoms with Crippen molar-refractivity contribution in [1.82, 2.24) is 4.90 Å². The van der Waals surface area contributed by atoms with E-state index in [-0.39, 0.29) is 17.5 Å². The van der Waals surface area contributed by atoms with Crippen molar-refractivity contribution in [2.24, 2.45) is 5.92 Å². The lowest BCUT2D eigenvalue weighted by molar-refractivity contribution is 0.0667. The predicted molar refractivity (Wildman–Crippen MR) is 77.6 cm³/mol. The van der Waals surface area contributed by atoms with Crippen LogP contribution in [0.2, 0.25) is 0 Å². The highest BCUT2D eigenvalue weighted by atomic mass is 79.9. The van der Waals surface area contributed by atoms with Gasteiger partial charge in [-0.25, -0.2) is 4.39 Å². The number of halogens is 2. The largest absolute Gasteiger partial charge is 0.339 e. The average molecular weight is 328 g/mol. The molecule has 1 amide bonds. The van der Waals surface area contributed by atoms with Crippen molar-refractivity contribution in [3.63, 3.8) is 0 Å². The summed E-state index contributed by atoms with van der Waals surface area (Å²) in [7, 11) is 1.78. The van der Waals surface area contributed by atoms with E-state index in [1.807, 2.05) is 0 Å². The molecule has 1 aromatic carbocycles. The Labute approximate surface area is 122 Å². The van der Waals surface area contributed by atoms with E-state index >= 15 is 0 Å². The molecule has 1 saturated carbocycles. The number of hydrogen-bond acceptors (Lipinski definition) is 1. The number of carbonyl (C=O) groups excluding carboxylic acids is 1. The summed E-state index contributed by atoms with van der Waals surface area (Å²) in [5, 5.41) is 0. The van der Waals surface area contributed by atoms with Crippen LogP contribution in [0.3, 0.4) is 0 Å². The van der Waals surface area contributed by atoms with Crippen LogP contribution in [-0.2, 0) is 0 Å². The van der Waals surface area contributed by atoms with Crippen LogP contribution in [0.25, 0.3) is 0 Å². The van der Waals surface area contributed by atoms with Crippen molar-refractivity contribution in [2.75, 3.05) is 7.05 Å². The van der Waals surface area contributed by atoms with Gasteiger partial charge in [-0.2, -0.15) is 0 Å². The summed E-state index contributed by atoms with van der Waals surface area (Å²) in [4.78, 5) is 14.1. The van der Waals surface area contributed by atoms with Gasteiger partial charge in [0.05, 0.1) is 10.0 Å². The molecule has 1 aliphatic carbocycles. The molecule has 2 rings (SSSR count). The molecule has 1 aliphatic rings. The Bertz CT molecular complexity index is 477. The molecule has 0 heterocycles. The van der Waals surface area contributed by atoms with Crippen molar-refractivity contribution < 1.29 is 9.18 Å². The van der Waals surface area contributed by atoms with Crippen LogP contribution < -0.4 is 0 Å². The molecule has 0 bridgehead atoms. The second kappa shape index (κ2) is 6.04. The van der Waals surface area contributed by atoms with Gasteiger partial charge in [-0.05, 0) is 46.8 Å². The zero-order valence-electron chi connectivity index (χ0n) is 11.3. The lowest BCUT2D eigenvalue weighted by Gasteiger charge is -2.34. The zero-order chi connectivity index (χ0) is 14.0. The van der Waals surface area contributed by atoms with Gasteiger partial charge in [-0.1, -0.05) is 25.8 Å². The molecule has 2 nitrogen and oxygen atoms in total. The molecule has 4 heteroatoms. The summed E-state index contributed by atoms with van der Waals surface area (Å²) < 4.78 is 14.3. The Morgan fingerprint density at radius 2 is 2.16 bits per heavy atom. The second-order valence-electron chi connectivity index (χ2n) is 5.44. The molecule has 2 unspecified atom stereocenters. The van der Waals surface area contributed by atoms with E-state index in [0.717, 1.165) is 19.3 Å². The second-order valence-corrected chi connectivity index (χ2v) is 6.30. The maximum absolute atomic E-state index is 14.0. The van der Waals surface area contributed by atoms with Crippen LogP contribution in [0.15, 0.2) is 22.7 Å². The third-order valence-corrected chi connectivity index (χ3v) is 4.57. The fourth-order valence-electron chi connectivity index (χ4n) is 2.78. The van der Waals surface area contributed by atoms with Crippen LogP contribution in [0.4, 0.5) is 4.39 Å². The molecular formula is C15H19BrFNO. The first-order chi connectivity index (χ1) is 9.00. The Balaban J connectivity index is 2.16. The zero-order valence-corrected chi connectivity index (χ0v) is 12.9. The van der Waals surface area contributed by atoms with Gasteiger partial charge in [0.15, 0.2) is 0 Å². The number of nitrogens with zero attached hydrogens (tertiary/aromatic N) is 1. The maximum Gasteiger partial charge on any atom is 0.256 e. The summed E-state index contributed by atoms with van der Waals surface area (Å²) in [6, 6.07) is 5.08. The standard InChI is InChI=1S/C15H19BrFNO/c1-10-5-3-6-11(9-10)18(2)15(19)12-7-4-8-13(16)14(12)17/h4,7-8,10-11H,3,5-6,9H2,1-2H3. The highest BCUT2D eigenvalue weighted by Gasteiger charge is 2.27. The first kappa shape index (κ1) is 14.5. The molecule has 0 aromatic heterocycles. The smallest absolute Gasteiger partial charge is 0.256 e. The molecule has 0 aliphatic heterocycles. The molecule has 104 valence electrons. The van der Waals surface area contributed by atoms with Gasteiger partial charge in [0.1, 0.15) is 5.82 Å². The van der Waals surface area contributed by atoms with Gasteiger partial charge >= 0.3 is 0 Å². The number of hydrogen-bond donors (Lipinski definition) is 0. The molecule has 1 fully saturated rings. The van der Waals surface area contributed by atoms with Gasteiger partial charge in [0.25, 0.3) is 5.91 Å². The van der Waals surface area contributed by atoms with E-state index in [0.29, 0.717) is 10.4 Å². The van der Waals surface area contributed by atoms with Crippen molar-refractivity contribution in [3.05, 3.63) is 34.1 Å². The van der Waals surface area contributed by atoms with E-state index in [1.54, 1.807) is 30.1 Å². The molecule has 0 spiro atoms. The predicted octanol–water partition coefficient (Wildman–Crippen LogP) is 4.24. The van der Waals surface area contributed by atoms with Gasteiger partial charge in [0, 0.05) is 13.1 Å². The maximum atomic E-state index is 14.0. The summed E-state index contributed by atoms with van der Waals surface area (Å²) in [6.07, 6.45) is 4.40. The van der Waals surface area contributed by atoms with Gasteiger partial charge < -0.3 is 4.90 Å². The fourth-order valence-corrected chi connectivity index (χ4v) is 3.14. The molecule has 0 radical (unpaired) electrons. The van der Waals surface area contributed by atoms with Crippen LogP contribution >= 0.6 is 15.9 Å². The topological polar surface area (TPSA) is 20.3 Å². The summed E-state index contributed by atoms with van der Waals surface area (Å²) >= 11 is 3.12. The van der Waals surface area contributed by atoms with Gasteiger partial charge in [0.2, 0.25) is 0 Å². The SMILES string of the molecule is CC1CCCC(N(C)C(=O)c2cccc(Br)c2F)C1. The van der Waals surface area contributed by atoms with Crippen molar-refractivity contribution in [2.45, 2.75) is 38.6 Å². The number of benzene rings is 1. The van der Waals surface area contributed by atoms with E-state index in [1.165, 1.54) is 6.42 Å². The lowest BCUT2D eigenvalue weighted by atomic mass is 9.86. The van der Waals surface area contributed by atoms with Crippen LogP contribution in [0, 0.1) is 11.7 Å². The first-order valence-corrected chi connectivity index (χ1v) is 7.51. The van der Waals surface area contributed by atoms with E-state index < -0.39 is 5.82 Å². The quantitative estimate of drug-likeness (QED) is 0.795. The summed E-state index contributed by atoms with van der Waals surface area (Å²) in [5.74, 6) is -0.0533.